The summed E-state index contributed by atoms with van der Waals surface area (Å²) in [6.07, 6.45) is 0. The SMILES string of the molecule is CC(=N)N.[Ni+2]. The third-order valence-corrected chi connectivity index (χ3v) is 0. The van der Waals surface area contributed by atoms with Gasteiger partial charge in [-0.1, -0.05) is 0 Å². The summed E-state index contributed by atoms with van der Waals surface area (Å²) in [5.41, 5.74) is 4.69. The number of rotatable bonds is 0. The fraction of sp³-hybridized carbons (Fsp3) is 0.500. The van der Waals surface area contributed by atoms with Crippen LogP contribution in [0.1, 0.15) is 6.92 Å². The molecule has 0 radical (unpaired) electrons. The van der Waals surface area contributed by atoms with Crippen molar-refractivity contribution in [1.82, 2.24) is 0 Å². The monoisotopic (exact) mass is 116 g/mol. The average molecular weight is 117 g/mol. The summed E-state index contributed by atoms with van der Waals surface area (Å²) < 4.78 is 0. The van der Waals surface area contributed by atoms with Gasteiger partial charge in [0.2, 0.25) is 0 Å². The maximum atomic E-state index is 6.28. The molecule has 3 N–H and O–H groups in total. The number of hydrogen-bond donors (Lipinski definition) is 2. The minimum Gasteiger partial charge on any atom is -0.388 e. The predicted molar refractivity (Wildman–Crippen MR) is 17.6 cm³/mol. The molecule has 0 fully saturated rings. The molecule has 5 heavy (non-hydrogen) atoms. The van der Waals surface area contributed by atoms with Crippen molar-refractivity contribution < 1.29 is 16.5 Å². The van der Waals surface area contributed by atoms with Crippen LogP contribution in [0.15, 0.2) is 0 Å². The Bertz CT molecular complexity index is 30.6. The van der Waals surface area contributed by atoms with E-state index < -0.39 is 0 Å². The van der Waals surface area contributed by atoms with E-state index in [1.807, 2.05) is 0 Å². The Balaban J connectivity index is 0. The summed E-state index contributed by atoms with van der Waals surface area (Å²) >= 11 is 0. The smallest absolute Gasteiger partial charge is 0.388 e. The molecule has 0 heterocycles. The summed E-state index contributed by atoms with van der Waals surface area (Å²) in [5.74, 6) is 0.167. The van der Waals surface area contributed by atoms with Crippen LogP contribution in [0.5, 0.6) is 0 Å². The third-order valence-electron chi connectivity index (χ3n) is 0. The molecule has 0 aliphatic carbocycles. The van der Waals surface area contributed by atoms with Crippen LogP contribution in [0.25, 0.3) is 0 Å². The quantitative estimate of drug-likeness (QED) is 0.260. The van der Waals surface area contributed by atoms with E-state index in [1.165, 1.54) is 6.92 Å². The van der Waals surface area contributed by atoms with E-state index in [2.05, 4.69) is 0 Å². The minimum absolute atomic E-state index is 0. The van der Waals surface area contributed by atoms with E-state index in [0.29, 0.717) is 0 Å². The van der Waals surface area contributed by atoms with Gasteiger partial charge in [0.15, 0.2) is 0 Å². The van der Waals surface area contributed by atoms with Crippen molar-refractivity contribution in [3.63, 3.8) is 0 Å². The van der Waals surface area contributed by atoms with Crippen LogP contribution in [-0.4, -0.2) is 5.84 Å². The Hall–Kier alpha value is -0.0365. The Morgan fingerprint density at radius 1 is 1.80 bits per heavy atom. The van der Waals surface area contributed by atoms with Crippen molar-refractivity contribution >= 4 is 5.84 Å². The largest absolute Gasteiger partial charge is 2.00 e. The first kappa shape index (κ1) is 8.88. The van der Waals surface area contributed by atoms with E-state index in [1.54, 1.807) is 0 Å². The molecular formula is C2H6N2Ni+2. The van der Waals surface area contributed by atoms with E-state index in [4.69, 9.17) is 11.1 Å². The van der Waals surface area contributed by atoms with Gasteiger partial charge in [-0.15, -0.1) is 0 Å². The van der Waals surface area contributed by atoms with Crippen LogP contribution >= 0.6 is 0 Å². The molecule has 0 amide bonds. The van der Waals surface area contributed by atoms with Gasteiger partial charge in [0.25, 0.3) is 0 Å². The average Bonchev–Trinajstić information content (AvgIpc) is 0.811. The molecule has 0 spiro atoms. The number of amidine groups is 1. The van der Waals surface area contributed by atoms with Crippen molar-refractivity contribution in [2.24, 2.45) is 5.73 Å². The van der Waals surface area contributed by atoms with Crippen molar-refractivity contribution in [3.05, 3.63) is 0 Å². The van der Waals surface area contributed by atoms with Crippen LogP contribution in [0.3, 0.4) is 0 Å². The molecule has 2 nitrogen and oxygen atoms in total. The molecule has 0 aromatic heterocycles. The van der Waals surface area contributed by atoms with E-state index in [-0.39, 0.29) is 22.3 Å². The summed E-state index contributed by atoms with van der Waals surface area (Å²) in [4.78, 5) is 0. The molecular weight excluding hydrogens is 111 g/mol. The zero-order valence-electron chi connectivity index (χ0n) is 2.89. The van der Waals surface area contributed by atoms with Gasteiger partial charge in [-0.05, 0) is 6.92 Å². The molecule has 0 aliphatic rings. The summed E-state index contributed by atoms with van der Waals surface area (Å²) in [6.45, 7) is 1.53. The molecule has 0 rings (SSSR count). The maximum Gasteiger partial charge on any atom is 2.00 e. The summed E-state index contributed by atoms with van der Waals surface area (Å²) in [5, 5.41) is 6.28. The number of hydrogen-bond acceptors (Lipinski definition) is 1. The van der Waals surface area contributed by atoms with Gasteiger partial charge in [0.1, 0.15) is 0 Å². The number of nitrogens with one attached hydrogen (secondary N) is 1. The molecule has 0 atom stereocenters. The molecule has 3 heteroatoms. The van der Waals surface area contributed by atoms with Gasteiger partial charge >= 0.3 is 16.5 Å². The Morgan fingerprint density at radius 3 is 1.80 bits per heavy atom. The van der Waals surface area contributed by atoms with E-state index in [0.717, 1.165) is 0 Å². The van der Waals surface area contributed by atoms with Crippen LogP contribution < -0.4 is 5.73 Å². The third kappa shape index (κ3) is 11500. The van der Waals surface area contributed by atoms with Crippen LogP contribution in [0.4, 0.5) is 0 Å². The standard InChI is InChI=1S/C2H6N2.Ni/c1-2(3)4;/h1H3,(H3,3,4);/q;+2. The Labute approximate surface area is 41.2 Å². The van der Waals surface area contributed by atoms with Gasteiger partial charge in [-0.25, -0.2) is 0 Å². The zero-order chi connectivity index (χ0) is 3.58. The molecule has 0 unspecified atom stereocenters. The van der Waals surface area contributed by atoms with Gasteiger partial charge in [0, 0.05) is 0 Å². The van der Waals surface area contributed by atoms with Gasteiger partial charge < -0.3 is 5.73 Å². The van der Waals surface area contributed by atoms with Gasteiger partial charge in [-0.3, -0.25) is 5.41 Å². The van der Waals surface area contributed by atoms with Gasteiger partial charge in [0.05, 0.1) is 5.84 Å². The second-order valence-electron chi connectivity index (χ2n) is 0.683. The van der Waals surface area contributed by atoms with Crippen LogP contribution in [0.2, 0.25) is 0 Å². The second kappa shape index (κ2) is 3.96. The molecule has 0 aliphatic heterocycles. The molecule has 0 bridgehead atoms. The molecule has 0 saturated carbocycles. The molecule has 0 aromatic rings. The first-order chi connectivity index (χ1) is 1.73. The number of nitrogens with two attached hydrogens (primary N) is 1. The zero-order valence-corrected chi connectivity index (χ0v) is 3.88. The molecule has 0 saturated heterocycles. The second-order valence-corrected chi connectivity index (χ2v) is 0.683. The van der Waals surface area contributed by atoms with Gasteiger partial charge in [-0.2, -0.15) is 0 Å². The normalized spacial score (nSPS) is 5.00. The molecule has 32 valence electrons. The van der Waals surface area contributed by atoms with Crippen molar-refractivity contribution in [1.29, 1.82) is 5.41 Å². The van der Waals surface area contributed by atoms with Crippen molar-refractivity contribution in [3.8, 4) is 0 Å². The fourth-order valence-corrected chi connectivity index (χ4v) is 0. The molecule has 0 aromatic carbocycles. The maximum absolute atomic E-state index is 6.28. The van der Waals surface area contributed by atoms with Crippen molar-refractivity contribution in [2.75, 3.05) is 0 Å². The van der Waals surface area contributed by atoms with E-state index in [9.17, 15) is 0 Å². The van der Waals surface area contributed by atoms with E-state index >= 15 is 0 Å². The summed E-state index contributed by atoms with van der Waals surface area (Å²) in [7, 11) is 0. The first-order valence-electron chi connectivity index (χ1n) is 1.04. The first-order valence-corrected chi connectivity index (χ1v) is 1.04. The summed E-state index contributed by atoms with van der Waals surface area (Å²) in [6, 6.07) is 0. The topological polar surface area (TPSA) is 49.9 Å². The Morgan fingerprint density at radius 2 is 1.80 bits per heavy atom. The van der Waals surface area contributed by atoms with Crippen LogP contribution in [-0.2, 0) is 16.5 Å². The predicted octanol–water partition coefficient (Wildman–Crippen LogP) is -0.0602. The van der Waals surface area contributed by atoms with Crippen LogP contribution in [0, 0.1) is 5.41 Å². The minimum atomic E-state index is 0. The van der Waals surface area contributed by atoms with Crippen molar-refractivity contribution in [2.45, 2.75) is 6.92 Å². The Kier molecular flexibility index (Phi) is 7.04. The fourth-order valence-electron chi connectivity index (χ4n) is 0.